The molecule has 19 heavy (non-hydrogen) atoms. The lowest BCUT2D eigenvalue weighted by Crippen LogP contribution is -2.02. The lowest BCUT2D eigenvalue weighted by Gasteiger charge is -2.12. The second kappa shape index (κ2) is 6.48. The van der Waals surface area contributed by atoms with Gasteiger partial charge >= 0.3 is 5.63 Å². The Morgan fingerprint density at radius 1 is 1.21 bits per heavy atom. The smallest absolute Gasteiger partial charge is 0.336 e. The van der Waals surface area contributed by atoms with E-state index in [1.807, 2.05) is 6.92 Å². The molecule has 0 fully saturated rings. The zero-order chi connectivity index (χ0) is 13.7. The van der Waals surface area contributed by atoms with Crippen molar-refractivity contribution in [3.63, 3.8) is 0 Å². The van der Waals surface area contributed by atoms with Crippen LogP contribution in [0.25, 0.3) is 11.0 Å². The molecular formula is C14H15ClO4. The van der Waals surface area contributed by atoms with Crippen LogP contribution in [0.4, 0.5) is 0 Å². The van der Waals surface area contributed by atoms with Crippen molar-refractivity contribution in [2.75, 3.05) is 19.1 Å². The number of fused-ring (bicyclic) bond motifs is 1. The molecule has 1 aromatic carbocycles. The van der Waals surface area contributed by atoms with E-state index in [9.17, 15) is 4.79 Å². The maximum atomic E-state index is 11.2. The summed E-state index contributed by atoms with van der Waals surface area (Å²) in [5.74, 6) is 1.75. The molecule has 0 amide bonds. The van der Waals surface area contributed by atoms with Crippen LogP contribution in [0.2, 0.25) is 0 Å². The van der Waals surface area contributed by atoms with Gasteiger partial charge in [0.2, 0.25) is 0 Å². The fourth-order valence-electron chi connectivity index (χ4n) is 1.69. The van der Waals surface area contributed by atoms with Gasteiger partial charge in [-0.05, 0) is 25.5 Å². The minimum absolute atomic E-state index is 0.384. The lowest BCUT2D eigenvalue weighted by atomic mass is 10.2. The average molecular weight is 283 g/mol. The van der Waals surface area contributed by atoms with Crippen LogP contribution in [0.5, 0.6) is 11.5 Å². The molecule has 0 aliphatic rings. The molecule has 0 spiro atoms. The highest BCUT2D eigenvalue weighted by Crippen LogP contribution is 2.32. The third-order valence-electron chi connectivity index (χ3n) is 2.52. The number of alkyl halides is 1. The Bertz CT molecular complexity index is 606. The van der Waals surface area contributed by atoms with Crippen LogP contribution in [0, 0.1) is 0 Å². The first-order valence-corrected chi connectivity index (χ1v) is 6.67. The van der Waals surface area contributed by atoms with Gasteiger partial charge in [0, 0.05) is 23.4 Å². The first-order chi connectivity index (χ1) is 9.24. The Labute approximate surface area is 115 Å². The van der Waals surface area contributed by atoms with Crippen LogP contribution in [0.1, 0.15) is 13.3 Å². The summed E-state index contributed by atoms with van der Waals surface area (Å²) in [7, 11) is 0. The van der Waals surface area contributed by atoms with Crippen LogP contribution in [-0.2, 0) is 0 Å². The predicted molar refractivity (Wildman–Crippen MR) is 74.5 cm³/mol. The largest absolute Gasteiger partial charge is 0.490 e. The van der Waals surface area contributed by atoms with Crippen molar-refractivity contribution in [1.82, 2.24) is 0 Å². The van der Waals surface area contributed by atoms with Gasteiger partial charge in [-0.2, -0.15) is 0 Å². The summed E-state index contributed by atoms with van der Waals surface area (Å²) in [4.78, 5) is 11.2. The SMILES string of the molecule is CCOc1cc2oc(=O)ccc2cc1OCCCCl. The number of hydrogen-bond acceptors (Lipinski definition) is 4. The van der Waals surface area contributed by atoms with Gasteiger partial charge < -0.3 is 13.9 Å². The van der Waals surface area contributed by atoms with Crippen LogP contribution in [0.15, 0.2) is 33.5 Å². The second-order valence-corrected chi connectivity index (χ2v) is 4.29. The number of halogens is 1. The minimum atomic E-state index is -0.384. The normalized spacial score (nSPS) is 10.6. The van der Waals surface area contributed by atoms with Crippen molar-refractivity contribution in [2.24, 2.45) is 0 Å². The number of hydrogen-bond donors (Lipinski definition) is 0. The van der Waals surface area contributed by atoms with Crippen molar-refractivity contribution >= 4 is 22.6 Å². The molecule has 5 heteroatoms. The third kappa shape index (κ3) is 3.41. The fraction of sp³-hybridized carbons (Fsp3) is 0.357. The Hall–Kier alpha value is -1.68. The van der Waals surface area contributed by atoms with Crippen LogP contribution in [-0.4, -0.2) is 19.1 Å². The standard InChI is InChI=1S/C14H15ClO4/c1-2-17-13-9-11-10(4-5-14(16)19-11)8-12(13)18-7-3-6-15/h4-5,8-9H,2-3,6-7H2,1H3. The van der Waals surface area contributed by atoms with Gasteiger partial charge in [0.05, 0.1) is 13.2 Å². The van der Waals surface area contributed by atoms with Crippen molar-refractivity contribution in [3.05, 3.63) is 34.7 Å². The lowest BCUT2D eigenvalue weighted by molar-refractivity contribution is 0.277. The predicted octanol–water partition coefficient (Wildman–Crippen LogP) is 3.20. The van der Waals surface area contributed by atoms with E-state index >= 15 is 0 Å². The van der Waals surface area contributed by atoms with E-state index in [1.165, 1.54) is 6.07 Å². The average Bonchev–Trinajstić information content (AvgIpc) is 2.40. The topological polar surface area (TPSA) is 48.7 Å². The van der Waals surface area contributed by atoms with Crippen LogP contribution >= 0.6 is 11.6 Å². The first kappa shape index (κ1) is 13.7. The molecule has 0 atom stereocenters. The Balaban J connectivity index is 2.38. The third-order valence-corrected chi connectivity index (χ3v) is 2.79. The van der Waals surface area contributed by atoms with Crippen molar-refractivity contribution < 1.29 is 13.9 Å². The van der Waals surface area contributed by atoms with E-state index in [1.54, 1.807) is 18.2 Å². The van der Waals surface area contributed by atoms with Crippen molar-refractivity contribution in [2.45, 2.75) is 13.3 Å². The second-order valence-electron chi connectivity index (χ2n) is 3.92. The zero-order valence-corrected chi connectivity index (χ0v) is 11.4. The molecule has 4 nitrogen and oxygen atoms in total. The highest BCUT2D eigenvalue weighted by Gasteiger charge is 2.09. The number of rotatable bonds is 6. The van der Waals surface area contributed by atoms with E-state index < -0.39 is 0 Å². The summed E-state index contributed by atoms with van der Waals surface area (Å²) < 4.78 is 16.3. The van der Waals surface area contributed by atoms with Gasteiger partial charge in [-0.15, -0.1) is 11.6 Å². The molecule has 1 aromatic heterocycles. The molecule has 0 unspecified atom stereocenters. The molecule has 2 aromatic rings. The molecule has 0 aliphatic heterocycles. The molecule has 0 radical (unpaired) electrons. The highest BCUT2D eigenvalue weighted by molar-refractivity contribution is 6.17. The zero-order valence-electron chi connectivity index (χ0n) is 10.6. The van der Waals surface area contributed by atoms with Crippen molar-refractivity contribution in [3.8, 4) is 11.5 Å². The van der Waals surface area contributed by atoms with Gasteiger partial charge in [0.25, 0.3) is 0 Å². The van der Waals surface area contributed by atoms with Crippen LogP contribution < -0.4 is 15.1 Å². The Morgan fingerprint density at radius 2 is 2.00 bits per heavy atom. The molecule has 1 heterocycles. The van der Waals surface area contributed by atoms with Gasteiger partial charge in [-0.25, -0.2) is 4.79 Å². The van der Waals surface area contributed by atoms with Crippen LogP contribution in [0.3, 0.4) is 0 Å². The summed E-state index contributed by atoms with van der Waals surface area (Å²) in [6, 6.07) is 6.56. The molecule has 0 aliphatic carbocycles. The first-order valence-electron chi connectivity index (χ1n) is 6.14. The minimum Gasteiger partial charge on any atom is -0.490 e. The quantitative estimate of drug-likeness (QED) is 0.464. The fourth-order valence-corrected chi connectivity index (χ4v) is 1.80. The van der Waals surface area contributed by atoms with Gasteiger partial charge in [-0.3, -0.25) is 0 Å². The van der Waals surface area contributed by atoms with Crippen molar-refractivity contribution in [1.29, 1.82) is 0 Å². The number of benzene rings is 1. The molecular weight excluding hydrogens is 268 g/mol. The molecule has 0 N–H and O–H groups in total. The summed E-state index contributed by atoms with van der Waals surface area (Å²) in [6.07, 6.45) is 0.759. The maximum Gasteiger partial charge on any atom is 0.336 e. The molecule has 102 valence electrons. The van der Waals surface area contributed by atoms with Gasteiger partial charge in [-0.1, -0.05) is 0 Å². The van der Waals surface area contributed by atoms with E-state index in [4.69, 9.17) is 25.5 Å². The summed E-state index contributed by atoms with van der Waals surface area (Å²) in [5.41, 5.74) is 0.103. The maximum absolute atomic E-state index is 11.2. The molecule has 2 rings (SSSR count). The molecule has 0 bridgehead atoms. The summed E-state index contributed by atoms with van der Waals surface area (Å²) >= 11 is 5.62. The summed E-state index contributed by atoms with van der Waals surface area (Å²) in [6.45, 7) is 2.91. The van der Waals surface area contributed by atoms with Gasteiger partial charge in [0.15, 0.2) is 11.5 Å². The van der Waals surface area contributed by atoms with E-state index in [0.29, 0.717) is 36.2 Å². The monoisotopic (exact) mass is 282 g/mol. The Morgan fingerprint density at radius 3 is 2.74 bits per heavy atom. The Kier molecular flexibility index (Phi) is 4.68. The summed E-state index contributed by atoms with van der Waals surface area (Å²) in [5, 5.41) is 0.795. The molecule has 0 saturated heterocycles. The van der Waals surface area contributed by atoms with E-state index in [0.717, 1.165) is 11.8 Å². The van der Waals surface area contributed by atoms with Gasteiger partial charge in [0.1, 0.15) is 5.58 Å². The molecule has 0 saturated carbocycles. The van der Waals surface area contributed by atoms with E-state index in [2.05, 4.69) is 0 Å². The highest BCUT2D eigenvalue weighted by atomic mass is 35.5. The van der Waals surface area contributed by atoms with E-state index in [-0.39, 0.29) is 5.63 Å². The number of ether oxygens (including phenoxy) is 2.